The fourth-order valence-electron chi connectivity index (χ4n) is 3.61. The number of thioether (sulfide) groups is 1. The molecule has 0 saturated carbocycles. The van der Waals surface area contributed by atoms with Crippen LogP contribution in [0.4, 0.5) is 0 Å². The Balaban J connectivity index is 0.000000806. The van der Waals surface area contributed by atoms with Crippen LogP contribution in [0.1, 0.15) is 37.7 Å². The second-order valence-electron chi connectivity index (χ2n) is 6.77. The molecular weight excluding hydrogens is 406 g/mol. The van der Waals surface area contributed by atoms with Gasteiger partial charge in [-0.25, -0.2) is 0 Å². The fourth-order valence-corrected chi connectivity index (χ4v) is 4.41. The molecule has 1 amide bonds. The van der Waals surface area contributed by atoms with Gasteiger partial charge < -0.3 is 25.6 Å². The van der Waals surface area contributed by atoms with Crippen LogP contribution in [0.25, 0.3) is 0 Å². The van der Waals surface area contributed by atoms with Gasteiger partial charge >= 0.3 is 0 Å². The summed E-state index contributed by atoms with van der Waals surface area (Å²) in [5.74, 6) is 0.369. The van der Waals surface area contributed by atoms with Crippen LogP contribution in [-0.4, -0.2) is 35.9 Å². The number of ketones is 1. The average Bonchev–Trinajstić information content (AvgIpc) is 3.19. The number of hydrogen-bond acceptors (Lipinski definition) is 8. The van der Waals surface area contributed by atoms with E-state index in [1.807, 2.05) is 12.1 Å². The van der Waals surface area contributed by atoms with Crippen molar-refractivity contribution in [3.8, 4) is 17.6 Å². The van der Waals surface area contributed by atoms with Gasteiger partial charge in [0.25, 0.3) is 0 Å². The number of ether oxygens (including phenoxy) is 2. The van der Waals surface area contributed by atoms with Crippen LogP contribution in [0.5, 0.6) is 11.5 Å². The lowest BCUT2D eigenvalue weighted by atomic mass is 9.77. The monoisotopic (exact) mass is 429 g/mol. The summed E-state index contributed by atoms with van der Waals surface area (Å²) in [5, 5.41) is 21.2. The first-order valence-corrected chi connectivity index (χ1v) is 10.6. The van der Waals surface area contributed by atoms with Gasteiger partial charge in [0.1, 0.15) is 0 Å². The van der Waals surface area contributed by atoms with Gasteiger partial charge in [-0.05, 0) is 37.5 Å². The molecule has 2 aliphatic heterocycles. The molecule has 1 atom stereocenters. The van der Waals surface area contributed by atoms with Crippen molar-refractivity contribution >= 4 is 23.5 Å². The first-order chi connectivity index (χ1) is 14.5. The number of aliphatic hydroxyl groups excluding tert-OH is 1. The average molecular weight is 429 g/mol. The molecule has 9 heteroatoms. The quantitative estimate of drug-likeness (QED) is 0.662. The van der Waals surface area contributed by atoms with E-state index in [4.69, 9.17) is 20.3 Å². The Bertz CT molecular complexity index is 964. The van der Waals surface area contributed by atoms with Gasteiger partial charge in [0, 0.05) is 24.3 Å². The van der Waals surface area contributed by atoms with Gasteiger partial charge in [0.2, 0.25) is 12.7 Å². The third-order valence-electron chi connectivity index (χ3n) is 4.75. The summed E-state index contributed by atoms with van der Waals surface area (Å²) < 4.78 is 10.8. The highest BCUT2D eigenvalue weighted by Crippen LogP contribution is 2.46. The molecule has 8 nitrogen and oxygen atoms in total. The summed E-state index contributed by atoms with van der Waals surface area (Å²) in [6.07, 6.45) is 1.94. The van der Waals surface area contributed by atoms with Crippen LogP contribution < -0.4 is 20.5 Å². The molecule has 30 heavy (non-hydrogen) atoms. The minimum atomic E-state index is -0.496. The van der Waals surface area contributed by atoms with Crippen molar-refractivity contribution in [2.75, 3.05) is 19.2 Å². The Morgan fingerprint density at radius 1 is 1.37 bits per heavy atom. The second kappa shape index (κ2) is 9.69. The largest absolute Gasteiger partial charge is 0.454 e. The number of dihydropyridines is 1. The molecule has 1 aliphatic carbocycles. The number of hydrogen-bond donors (Lipinski definition) is 3. The number of carbonyl (C=O) groups excluding carboxylic acids is 2. The highest BCUT2D eigenvalue weighted by atomic mass is 32.2. The lowest BCUT2D eigenvalue weighted by Crippen LogP contribution is -2.31. The minimum Gasteiger partial charge on any atom is -0.454 e. The maximum atomic E-state index is 12.7. The predicted molar refractivity (Wildman–Crippen MR) is 111 cm³/mol. The number of rotatable bonds is 4. The summed E-state index contributed by atoms with van der Waals surface area (Å²) in [5.41, 5.74) is 7.91. The van der Waals surface area contributed by atoms with Crippen molar-refractivity contribution in [1.82, 2.24) is 5.32 Å². The number of primary amides is 1. The zero-order valence-corrected chi connectivity index (χ0v) is 17.4. The summed E-state index contributed by atoms with van der Waals surface area (Å²) in [6.45, 7) is 2.08. The Morgan fingerprint density at radius 3 is 2.80 bits per heavy atom. The third-order valence-corrected chi connectivity index (χ3v) is 5.79. The molecule has 0 bridgehead atoms. The topological polar surface area (TPSA) is 135 Å². The number of nitriles is 1. The first-order valence-electron chi connectivity index (χ1n) is 9.59. The number of aliphatic hydroxyl groups is 1. The smallest absolute Gasteiger partial charge is 0.231 e. The molecule has 3 aliphatic rings. The number of amides is 1. The van der Waals surface area contributed by atoms with Gasteiger partial charge in [0.05, 0.1) is 28.3 Å². The van der Waals surface area contributed by atoms with Crippen LogP contribution in [0.3, 0.4) is 0 Å². The minimum absolute atomic E-state index is 0.0399. The maximum absolute atomic E-state index is 12.7. The predicted octanol–water partition coefficient (Wildman–Crippen LogP) is 2.06. The lowest BCUT2D eigenvalue weighted by molar-refractivity contribution is -0.116. The van der Waals surface area contributed by atoms with Gasteiger partial charge in [-0.2, -0.15) is 5.26 Å². The van der Waals surface area contributed by atoms with Gasteiger partial charge in [-0.15, -0.1) is 0 Å². The number of fused-ring (bicyclic) bond motifs is 1. The molecule has 0 saturated heterocycles. The molecule has 0 aromatic heterocycles. The molecule has 158 valence electrons. The number of nitrogens with two attached hydrogens (primary N) is 1. The Labute approximate surface area is 178 Å². The van der Waals surface area contributed by atoms with E-state index in [1.54, 1.807) is 13.0 Å². The van der Waals surface area contributed by atoms with Crippen LogP contribution in [0.2, 0.25) is 0 Å². The van der Waals surface area contributed by atoms with Crippen molar-refractivity contribution in [3.63, 3.8) is 0 Å². The van der Waals surface area contributed by atoms with Crippen molar-refractivity contribution in [2.45, 2.75) is 32.1 Å². The normalized spacial score (nSPS) is 19.4. The molecule has 0 spiro atoms. The molecule has 2 heterocycles. The number of Topliss-reactive ketones (excluding diaryl/α,β-unsaturated/α-hetero) is 1. The molecule has 4 N–H and O–H groups in total. The van der Waals surface area contributed by atoms with Crippen LogP contribution in [0, 0.1) is 11.3 Å². The van der Waals surface area contributed by atoms with Crippen LogP contribution in [0.15, 0.2) is 40.1 Å². The fraction of sp³-hybridized carbons (Fsp3) is 0.381. The van der Waals surface area contributed by atoms with E-state index in [2.05, 4.69) is 11.4 Å². The lowest BCUT2D eigenvalue weighted by Gasteiger charge is -2.33. The molecule has 1 unspecified atom stereocenters. The number of benzene rings is 1. The van der Waals surface area contributed by atoms with E-state index in [-0.39, 0.29) is 24.9 Å². The molecule has 4 rings (SSSR count). The van der Waals surface area contributed by atoms with Crippen molar-refractivity contribution in [1.29, 1.82) is 5.26 Å². The summed E-state index contributed by atoms with van der Waals surface area (Å²) in [7, 11) is 0. The van der Waals surface area contributed by atoms with Gasteiger partial charge in [-0.1, -0.05) is 17.8 Å². The van der Waals surface area contributed by atoms with Crippen LogP contribution >= 0.6 is 11.8 Å². The Hall–Kier alpha value is -2.96. The molecule has 0 radical (unpaired) electrons. The van der Waals surface area contributed by atoms with E-state index < -0.39 is 11.8 Å². The van der Waals surface area contributed by atoms with Crippen molar-refractivity contribution in [2.24, 2.45) is 5.73 Å². The number of allylic oxidation sites excluding steroid dienone is 3. The molecular formula is C21H23N3O5S. The number of carbonyl (C=O) groups is 2. The van der Waals surface area contributed by atoms with Gasteiger partial charge in [-0.3, -0.25) is 9.59 Å². The second-order valence-corrected chi connectivity index (χ2v) is 7.75. The number of nitrogens with zero attached hydrogens (tertiary/aromatic N) is 1. The Kier molecular flexibility index (Phi) is 7.03. The van der Waals surface area contributed by atoms with E-state index in [0.29, 0.717) is 34.1 Å². The van der Waals surface area contributed by atoms with Crippen molar-refractivity contribution in [3.05, 3.63) is 45.6 Å². The van der Waals surface area contributed by atoms with Crippen molar-refractivity contribution < 1.29 is 24.2 Å². The SMILES string of the molecule is CCO.N#CC1=C(SCC(N)=O)NC2=C(C(=O)CCC2)C1c1ccc2c(c1)OCO2. The zero-order valence-electron chi connectivity index (χ0n) is 16.6. The summed E-state index contributed by atoms with van der Waals surface area (Å²) >= 11 is 1.19. The third kappa shape index (κ3) is 4.45. The van der Waals surface area contributed by atoms with E-state index in [1.165, 1.54) is 11.8 Å². The Morgan fingerprint density at radius 2 is 2.10 bits per heavy atom. The standard InChI is InChI=1S/C19H17N3O4S.C2H6O/c20-7-11-17(10-4-5-14-15(6-10)26-9-25-14)18-12(2-1-3-13(18)23)22-19(11)27-8-16(21)24;1-2-3/h4-6,17,22H,1-3,8-9H2,(H2,21,24);3H,2H2,1H3. The number of nitrogens with one attached hydrogen (secondary N) is 1. The molecule has 1 aromatic carbocycles. The summed E-state index contributed by atoms with van der Waals surface area (Å²) in [6, 6.07) is 7.69. The first kappa shape index (κ1) is 21.7. The van der Waals surface area contributed by atoms with E-state index in [0.717, 1.165) is 24.1 Å². The zero-order chi connectivity index (χ0) is 21.7. The highest BCUT2D eigenvalue weighted by molar-refractivity contribution is 8.03. The molecule has 1 aromatic rings. The van der Waals surface area contributed by atoms with E-state index >= 15 is 0 Å². The highest BCUT2D eigenvalue weighted by Gasteiger charge is 2.37. The summed E-state index contributed by atoms with van der Waals surface area (Å²) in [4.78, 5) is 23.9. The molecule has 0 fully saturated rings. The van der Waals surface area contributed by atoms with Gasteiger partial charge in [0.15, 0.2) is 17.3 Å². The maximum Gasteiger partial charge on any atom is 0.231 e. The van der Waals surface area contributed by atoms with E-state index in [9.17, 15) is 14.9 Å². The van der Waals surface area contributed by atoms with Crippen LogP contribution in [-0.2, 0) is 9.59 Å².